The van der Waals surface area contributed by atoms with Crippen LogP contribution >= 0.6 is 27.5 Å². The van der Waals surface area contributed by atoms with E-state index in [2.05, 4.69) is 21.1 Å². The molecular weight excluding hydrogens is 332 g/mol. The maximum atomic E-state index is 8.82. The van der Waals surface area contributed by atoms with Gasteiger partial charge < -0.3 is 15.7 Å². The third-order valence-corrected chi connectivity index (χ3v) is 3.37. The van der Waals surface area contributed by atoms with E-state index < -0.39 is 0 Å². The third-order valence-electron chi connectivity index (χ3n) is 2.40. The Morgan fingerprint density at radius 3 is 2.53 bits per heavy atom. The average molecular weight is 342 g/mol. The van der Waals surface area contributed by atoms with Crippen molar-refractivity contribution in [3.8, 4) is 11.5 Å². The number of hydrogen-bond donors (Lipinski definition) is 2. The van der Waals surface area contributed by atoms with Gasteiger partial charge in [0.25, 0.3) is 0 Å². The predicted octanol–water partition coefficient (Wildman–Crippen LogP) is 3.99. The maximum absolute atomic E-state index is 8.82. The van der Waals surface area contributed by atoms with E-state index in [1.54, 1.807) is 36.4 Å². The van der Waals surface area contributed by atoms with E-state index in [1.807, 2.05) is 6.07 Å². The Kier molecular flexibility index (Phi) is 4.29. The average Bonchev–Trinajstić information content (AvgIpc) is 2.41. The first-order valence-corrected chi connectivity index (χ1v) is 6.49. The number of rotatable bonds is 3. The maximum Gasteiger partial charge on any atom is 0.175 e. The van der Waals surface area contributed by atoms with Crippen molar-refractivity contribution in [2.45, 2.75) is 0 Å². The lowest BCUT2D eigenvalue weighted by Gasteiger charge is -2.12. The van der Waals surface area contributed by atoms with Gasteiger partial charge in [-0.25, -0.2) is 0 Å². The quantitative estimate of drug-likeness (QED) is 0.384. The van der Waals surface area contributed by atoms with Gasteiger partial charge in [-0.3, -0.25) is 0 Å². The highest BCUT2D eigenvalue weighted by Gasteiger charge is 2.14. The van der Waals surface area contributed by atoms with Crippen LogP contribution in [0, 0.1) is 0 Å². The first kappa shape index (κ1) is 13.7. The number of benzene rings is 2. The zero-order valence-corrected chi connectivity index (χ0v) is 12.0. The molecule has 2 aromatic rings. The Morgan fingerprint density at radius 1 is 1.16 bits per heavy atom. The molecule has 0 atom stereocenters. The second-order valence-corrected chi connectivity index (χ2v) is 4.89. The van der Waals surface area contributed by atoms with Crippen molar-refractivity contribution in [1.29, 1.82) is 0 Å². The zero-order valence-electron chi connectivity index (χ0n) is 9.68. The summed E-state index contributed by atoms with van der Waals surface area (Å²) in [5, 5.41) is 12.3. The summed E-state index contributed by atoms with van der Waals surface area (Å²) in [6, 6.07) is 12.3. The number of nitrogens with two attached hydrogens (primary N) is 1. The number of hydrogen-bond acceptors (Lipinski definition) is 3. The predicted molar refractivity (Wildman–Crippen MR) is 78.2 cm³/mol. The molecule has 0 bridgehead atoms. The lowest BCUT2D eigenvalue weighted by Crippen LogP contribution is -2.15. The van der Waals surface area contributed by atoms with Crippen LogP contribution in [-0.2, 0) is 0 Å². The van der Waals surface area contributed by atoms with Crippen molar-refractivity contribution >= 4 is 33.4 Å². The Bertz CT molecular complexity index is 632. The Morgan fingerprint density at radius 2 is 1.84 bits per heavy atom. The highest BCUT2D eigenvalue weighted by atomic mass is 79.9. The van der Waals surface area contributed by atoms with Gasteiger partial charge in [0.2, 0.25) is 0 Å². The van der Waals surface area contributed by atoms with Crippen LogP contribution in [0.3, 0.4) is 0 Å². The van der Waals surface area contributed by atoms with E-state index in [0.29, 0.717) is 26.6 Å². The van der Waals surface area contributed by atoms with E-state index in [9.17, 15) is 0 Å². The van der Waals surface area contributed by atoms with Crippen LogP contribution in [-0.4, -0.2) is 11.0 Å². The molecule has 0 aliphatic heterocycles. The highest BCUT2D eigenvalue weighted by Crippen LogP contribution is 2.33. The first-order chi connectivity index (χ1) is 9.13. The number of nitrogens with zero attached hydrogens (tertiary/aromatic N) is 1. The van der Waals surface area contributed by atoms with Gasteiger partial charge in [-0.1, -0.05) is 35.0 Å². The molecule has 3 N–H and O–H groups in total. The van der Waals surface area contributed by atoms with Crippen LogP contribution in [0.2, 0.25) is 5.02 Å². The largest absolute Gasteiger partial charge is 0.455 e. The number of halogens is 2. The number of ether oxygens (including phenoxy) is 1. The first-order valence-electron chi connectivity index (χ1n) is 5.32. The SMILES string of the molecule is N/C(=N/O)c1c(Br)cccc1Oc1ccccc1Cl. The lowest BCUT2D eigenvalue weighted by molar-refractivity contribution is 0.318. The number of para-hydroxylation sites is 1. The molecule has 98 valence electrons. The molecule has 0 unspecified atom stereocenters. The van der Waals surface area contributed by atoms with Crippen LogP contribution in [0.25, 0.3) is 0 Å². The molecule has 6 heteroatoms. The van der Waals surface area contributed by atoms with Gasteiger partial charge >= 0.3 is 0 Å². The van der Waals surface area contributed by atoms with Crippen molar-refractivity contribution < 1.29 is 9.94 Å². The van der Waals surface area contributed by atoms with Gasteiger partial charge in [0, 0.05) is 4.47 Å². The van der Waals surface area contributed by atoms with Crippen LogP contribution in [0.15, 0.2) is 52.1 Å². The van der Waals surface area contributed by atoms with Gasteiger partial charge in [-0.05, 0) is 40.2 Å². The summed E-state index contributed by atoms with van der Waals surface area (Å²) in [6.07, 6.45) is 0. The number of oxime groups is 1. The molecule has 4 nitrogen and oxygen atoms in total. The minimum Gasteiger partial charge on any atom is -0.455 e. The van der Waals surface area contributed by atoms with Gasteiger partial charge in [0.15, 0.2) is 5.84 Å². The fourth-order valence-electron chi connectivity index (χ4n) is 1.53. The molecule has 0 amide bonds. The smallest absolute Gasteiger partial charge is 0.175 e. The summed E-state index contributed by atoms with van der Waals surface area (Å²) in [6.45, 7) is 0. The van der Waals surface area contributed by atoms with Crippen LogP contribution in [0.4, 0.5) is 0 Å². The molecule has 0 saturated heterocycles. The van der Waals surface area contributed by atoms with Crippen LogP contribution in [0.1, 0.15) is 5.56 Å². The molecule has 0 aromatic heterocycles. The van der Waals surface area contributed by atoms with Crippen molar-refractivity contribution in [2.75, 3.05) is 0 Å². The minimum absolute atomic E-state index is 0.0467. The van der Waals surface area contributed by atoms with Gasteiger partial charge in [-0.15, -0.1) is 0 Å². The zero-order chi connectivity index (χ0) is 13.8. The van der Waals surface area contributed by atoms with Gasteiger partial charge in [0.05, 0.1) is 10.6 Å². The molecule has 0 saturated carbocycles. The van der Waals surface area contributed by atoms with E-state index in [4.69, 9.17) is 27.3 Å². The van der Waals surface area contributed by atoms with Crippen molar-refractivity contribution in [3.63, 3.8) is 0 Å². The Balaban J connectivity index is 2.47. The topological polar surface area (TPSA) is 67.8 Å². The normalized spacial score (nSPS) is 11.4. The monoisotopic (exact) mass is 340 g/mol. The van der Waals surface area contributed by atoms with Gasteiger partial charge in [-0.2, -0.15) is 0 Å². The third kappa shape index (κ3) is 3.00. The molecule has 0 fully saturated rings. The summed E-state index contributed by atoms with van der Waals surface area (Å²) in [7, 11) is 0. The molecule has 0 radical (unpaired) electrons. The van der Waals surface area contributed by atoms with Crippen molar-refractivity contribution in [2.24, 2.45) is 10.9 Å². The molecular formula is C13H10BrClN2O2. The fraction of sp³-hybridized carbons (Fsp3) is 0. The minimum atomic E-state index is -0.0467. The van der Waals surface area contributed by atoms with Crippen molar-refractivity contribution in [1.82, 2.24) is 0 Å². The second kappa shape index (κ2) is 5.95. The molecule has 0 aliphatic rings. The van der Waals surface area contributed by atoms with Crippen LogP contribution < -0.4 is 10.5 Å². The van der Waals surface area contributed by atoms with Gasteiger partial charge in [0.1, 0.15) is 11.5 Å². The second-order valence-electron chi connectivity index (χ2n) is 3.63. The van der Waals surface area contributed by atoms with E-state index in [0.717, 1.165) is 0 Å². The summed E-state index contributed by atoms with van der Waals surface area (Å²) >= 11 is 9.37. The summed E-state index contributed by atoms with van der Waals surface area (Å²) in [5.41, 5.74) is 6.11. The highest BCUT2D eigenvalue weighted by molar-refractivity contribution is 9.10. The van der Waals surface area contributed by atoms with Crippen molar-refractivity contribution in [3.05, 3.63) is 57.5 Å². The summed E-state index contributed by atoms with van der Waals surface area (Å²) < 4.78 is 6.37. The lowest BCUT2D eigenvalue weighted by atomic mass is 10.2. The van der Waals surface area contributed by atoms with E-state index in [1.165, 1.54) is 0 Å². The molecule has 2 rings (SSSR count). The standard InChI is InChI=1S/C13H10BrClN2O2/c14-8-4-3-7-11(12(8)13(16)17-18)19-10-6-2-1-5-9(10)15/h1-7,18H,(H2,16,17). The van der Waals surface area contributed by atoms with Crippen LogP contribution in [0.5, 0.6) is 11.5 Å². The van der Waals surface area contributed by atoms with E-state index >= 15 is 0 Å². The van der Waals surface area contributed by atoms with E-state index in [-0.39, 0.29) is 5.84 Å². The number of amidine groups is 1. The fourth-order valence-corrected chi connectivity index (χ4v) is 2.26. The Labute approximate surface area is 123 Å². The molecule has 0 aliphatic carbocycles. The molecule has 2 aromatic carbocycles. The Hall–Kier alpha value is -1.72. The summed E-state index contributed by atoms with van der Waals surface area (Å²) in [5.74, 6) is 0.890. The molecule has 19 heavy (non-hydrogen) atoms. The molecule has 0 spiro atoms. The molecule has 0 heterocycles. The summed E-state index contributed by atoms with van der Waals surface area (Å²) in [4.78, 5) is 0.